The maximum absolute atomic E-state index is 14.0. The Morgan fingerprint density at radius 2 is 1.84 bits per heavy atom. The van der Waals surface area contributed by atoms with Crippen molar-refractivity contribution in [3.8, 4) is 0 Å². The molecule has 0 bridgehead atoms. The standard InChI is InChI=1S/C23H23F2N3O3/c24-16-11-15-12-19(26-21(15)18(25)13-16)22(30)27-20(10-14-4-2-1-3-5-14)23(31)28-8-6-17(29)7-9-28/h1-5,11-13,17,20,26,29H,6-10H2,(H,27,30)/t20-/m0/s1. The van der Waals surface area contributed by atoms with Gasteiger partial charge in [0.1, 0.15) is 23.4 Å². The van der Waals surface area contributed by atoms with Gasteiger partial charge in [-0.25, -0.2) is 8.78 Å². The molecule has 1 aliphatic rings. The topological polar surface area (TPSA) is 85.4 Å². The monoisotopic (exact) mass is 427 g/mol. The van der Waals surface area contributed by atoms with Gasteiger partial charge in [-0.15, -0.1) is 0 Å². The van der Waals surface area contributed by atoms with E-state index in [1.807, 2.05) is 30.3 Å². The maximum Gasteiger partial charge on any atom is 0.268 e. The largest absolute Gasteiger partial charge is 0.393 e. The van der Waals surface area contributed by atoms with Gasteiger partial charge in [-0.05, 0) is 30.5 Å². The van der Waals surface area contributed by atoms with Gasteiger partial charge in [0.15, 0.2) is 0 Å². The SMILES string of the molecule is O=C(N[C@@H](Cc1ccccc1)C(=O)N1CCC(O)CC1)c1cc2cc(F)cc(F)c2[nH]1. The lowest BCUT2D eigenvalue weighted by Crippen LogP contribution is -2.52. The van der Waals surface area contributed by atoms with Gasteiger partial charge < -0.3 is 20.3 Å². The number of benzene rings is 2. The Morgan fingerprint density at radius 1 is 1.13 bits per heavy atom. The van der Waals surface area contributed by atoms with Crippen molar-refractivity contribution in [1.82, 2.24) is 15.2 Å². The van der Waals surface area contributed by atoms with Crippen LogP contribution in [0.15, 0.2) is 48.5 Å². The van der Waals surface area contributed by atoms with Gasteiger partial charge in [-0.3, -0.25) is 9.59 Å². The molecule has 2 aromatic carbocycles. The second-order valence-corrected chi connectivity index (χ2v) is 7.81. The highest BCUT2D eigenvalue weighted by atomic mass is 19.1. The van der Waals surface area contributed by atoms with Crippen molar-refractivity contribution >= 4 is 22.7 Å². The first-order valence-corrected chi connectivity index (χ1v) is 10.2. The van der Waals surface area contributed by atoms with E-state index in [-0.39, 0.29) is 28.9 Å². The van der Waals surface area contributed by atoms with Crippen molar-refractivity contribution in [3.05, 3.63) is 71.4 Å². The summed E-state index contributed by atoms with van der Waals surface area (Å²) in [6, 6.07) is 11.7. The van der Waals surface area contributed by atoms with Crippen LogP contribution in [-0.2, 0) is 11.2 Å². The van der Waals surface area contributed by atoms with Gasteiger partial charge >= 0.3 is 0 Å². The number of aromatic nitrogens is 1. The molecule has 3 aromatic rings. The summed E-state index contributed by atoms with van der Waals surface area (Å²) < 4.78 is 27.5. The number of nitrogens with zero attached hydrogens (tertiary/aromatic N) is 1. The zero-order chi connectivity index (χ0) is 22.0. The van der Waals surface area contributed by atoms with Gasteiger partial charge in [0.05, 0.1) is 11.6 Å². The van der Waals surface area contributed by atoms with E-state index in [0.717, 1.165) is 17.7 Å². The smallest absolute Gasteiger partial charge is 0.268 e. The van der Waals surface area contributed by atoms with Crippen LogP contribution in [0, 0.1) is 11.6 Å². The highest BCUT2D eigenvalue weighted by Gasteiger charge is 2.29. The summed E-state index contributed by atoms with van der Waals surface area (Å²) in [5.74, 6) is -2.35. The molecule has 4 rings (SSSR count). The van der Waals surface area contributed by atoms with E-state index in [1.54, 1.807) is 4.90 Å². The van der Waals surface area contributed by atoms with Gasteiger partial charge in [0.2, 0.25) is 5.91 Å². The lowest BCUT2D eigenvalue weighted by atomic mass is 10.0. The molecule has 0 unspecified atom stereocenters. The Morgan fingerprint density at radius 3 is 2.55 bits per heavy atom. The van der Waals surface area contributed by atoms with E-state index in [4.69, 9.17) is 0 Å². The van der Waals surface area contributed by atoms with E-state index in [9.17, 15) is 23.5 Å². The number of rotatable bonds is 5. The fourth-order valence-corrected chi connectivity index (χ4v) is 3.88. The lowest BCUT2D eigenvalue weighted by molar-refractivity contribution is -0.135. The Bertz CT molecular complexity index is 1090. The minimum Gasteiger partial charge on any atom is -0.393 e. The number of carbonyl (C=O) groups is 2. The molecule has 1 atom stereocenters. The number of hydrogen-bond acceptors (Lipinski definition) is 3. The van der Waals surface area contributed by atoms with E-state index in [0.29, 0.717) is 25.9 Å². The minimum absolute atomic E-state index is 0.0301. The summed E-state index contributed by atoms with van der Waals surface area (Å²) in [4.78, 5) is 30.4. The molecule has 162 valence electrons. The molecule has 0 radical (unpaired) electrons. The average Bonchev–Trinajstić information content (AvgIpc) is 3.19. The van der Waals surface area contributed by atoms with Crippen molar-refractivity contribution in [3.63, 3.8) is 0 Å². The molecule has 2 heterocycles. The average molecular weight is 427 g/mol. The molecular formula is C23H23F2N3O3. The Hall–Kier alpha value is -3.26. The number of carbonyl (C=O) groups excluding carboxylic acids is 2. The Labute approximate surface area is 177 Å². The summed E-state index contributed by atoms with van der Waals surface area (Å²) in [6.45, 7) is 0.829. The van der Waals surface area contributed by atoms with Crippen molar-refractivity contribution in [1.29, 1.82) is 0 Å². The van der Waals surface area contributed by atoms with E-state index >= 15 is 0 Å². The zero-order valence-electron chi connectivity index (χ0n) is 16.8. The molecule has 1 fully saturated rings. The molecule has 8 heteroatoms. The van der Waals surface area contributed by atoms with Crippen molar-refractivity contribution in [2.24, 2.45) is 0 Å². The molecule has 1 aromatic heterocycles. The third-order valence-corrected chi connectivity index (χ3v) is 5.55. The molecule has 2 amide bonds. The highest BCUT2D eigenvalue weighted by Crippen LogP contribution is 2.21. The molecule has 0 spiro atoms. The normalized spacial score (nSPS) is 15.8. The number of halogens is 2. The lowest BCUT2D eigenvalue weighted by Gasteiger charge is -2.32. The van der Waals surface area contributed by atoms with Crippen LogP contribution < -0.4 is 5.32 Å². The van der Waals surface area contributed by atoms with Gasteiger partial charge in [-0.2, -0.15) is 0 Å². The number of likely N-dealkylation sites (tertiary alicyclic amines) is 1. The second kappa shape index (κ2) is 8.85. The van der Waals surface area contributed by atoms with Crippen LogP contribution in [0.5, 0.6) is 0 Å². The van der Waals surface area contributed by atoms with Crippen LogP contribution in [0.3, 0.4) is 0 Å². The van der Waals surface area contributed by atoms with Crippen LogP contribution >= 0.6 is 0 Å². The highest BCUT2D eigenvalue weighted by molar-refractivity contribution is 6.00. The predicted octanol–water partition coefficient (Wildman–Crippen LogP) is 2.77. The van der Waals surface area contributed by atoms with Crippen LogP contribution in [-0.4, -0.2) is 52.0 Å². The summed E-state index contributed by atoms with van der Waals surface area (Å²) in [5.41, 5.74) is 0.949. The predicted molar refractivity (Wildman–Crippen MR) is 111 cm³/mol. The number of H-pyrrole nitrogens is 1. The first-order chi connectivity index (χ1) is 14.9. The molecule has 6 nitrogen and oxygen atoms in total. The van der Waals surface area contributed by atoms with Crippen molar-refractivity contribution < 1.29 is 23.5 Å². The zero-order valence-corrected chi connectivity index (χ0v) is 16.8. The van der Waals surface area contributed by atoms with Crippen LogP contribution in [0.1, 0.15) is 28.9 Å². The fraction of sp³-hybridized carbons (Fsp3) is 0.304. The Kier molecular flexibility index (Phi) is 5.99. The third-order valence-electron chi connectivity index (χ3n) is 5.55. The fourth-order valence-electron chi connectivity index (χ4n) is 3.88. The number of amides is 2. The number of hydrogen-bond donors (Lipinski definition) is 3. The first-order valence-electron chi connectivity index (χ1n) is 10.2. The van der Waals surface area contributed by atoms with Crippen molar-refractivity contribution in [2.75, 3.05) is 13.1 Å². The van der Waals surface area contributed by atoms with Crippen molar-refractivity contribution in [2.45, 2.75) is 31.4 Å². The molecule has 1 aliphatic heterocycles. The molecule has 0 saturated carbocycles. The first kappa shape index (κ1) is 21.0. The number of piperidine rings is 1. The van der Waals surface area contributed by atoms with Crippen LogP contribution in [0.4, 0.5) is 8.78 Å². The minimum atomic E-state index is -0.835. The quantitative estimate of drug-likeness (QED) is 0.585. The number of nitrogens with one attached hydrogen (secondary N) is 2. The number of aliphatic hydroxyl groups is 1. The van der Waals surface area contributed by atoms with Crippen LogP contribution in [0.25, 0.3) is 10.9 Å². The van der Waals surface area contributed by atoms with Gasteiger partial charge in [-0.1, -0.05) is 30.3 Å². The van der Waals surface area contributed by atoms with E-state index in [1.165, 1.54) is 6.07 Å². The summed E-state index contributed by atoms with van der Waals surface area (Å²) >= 11 is 0. The molecule has 3 N–H and O–H groups in total. The molecule has 0 aliphatic carbocycles. The van der Waals surface area contributed by atoms with E-state index < -0.39 is 29.7 Å². The molecular weight excluding hydrogens is 404 g/mol. The summed E-state index contributed by atoms with van der Waals surface area (Å²) in [7, 11) is 0. The number of aromatic amines is 1. The molecule has 31 heavy (non-hydrogen) atoms. The third kappa shape index (κ3) is 4.74. The van der Waals surface area contributed by atoms with Gasteiger partial charge in [0, 0.05) is 31.0 Å². The Balaban J connectivity index is 1.56. The number of fused-ring (bicyclic) bond motifs is 1. The maximum atomic E-state index is 14.0. The summed E-state index contributed by atoms with van der Waals surface area (Å²) in [5, 5.41) is 12.7. The van der Waals surface area contributed by atoms with E-state index in [2.05, 4.69) is 10.3 Å². The van der Waals surface area contributed by atoms with Crippen LogP contribution in [0.2, 0.25) is 0 Å². The number of aliphatic hydroxyl groups excluding tert-OH is 1. The summed E-state index contributed by atoms with van der Waals surface area (Å²) in [6.07, 6.45) is 0.843. The van der Waals surface area contributed by atoms with Gasteiger partial charge in [0.25, 0.3) is 5.91 Å². The second-order valence-electron chi connectivity index (χ2n) is 7.81. The molecule has 1 saturated heterocycles.